The molecule has 1 atom stereocenters. The zero-order chi connectivity index (χ0) is 13.1. The predicted octanol–water partition coefficient (Wildman–Crippen LogP) is 1.42. The molecule has 0 saturated carbocycles. The summed E-state index contributed by atoms with van der Waals surface area (Å²) in [6.45, 7) is 4.06. The number of carboxylic acids is 1. The van der Waals surface area contributed by atoms with Crippen LogP contribution in [-0.4, -0.2) is 34.3 Å². The van der Waals surface area contributed by atoms with Crippen molar-refractivity contribution >= 4 is 17.8 Å². The number of likely N-dealkylation sites (tertiary alicyclic amines) is 1. The molecule has 1 fully saturated rings. The zero-order valence-electron chi connectivity index (χ0n) is 10.4. The molecule has 17 heavy (non-hydrogen) atoms. The average molecular weight is 241 g/mol. The predicted molar refractivity (Wildman–Crippen MR) is 61.2 cm³/mol. The molecule has 1 aliphatic heterocycles. The Kier molecular flexibility index (Phi) is 4.26. The summed E-state index contributed by atoms with van der Waals surface area (Å²) >= 11 is 0. The smallest absolute Gasteiger partial charge is 0.303 e. The van der Waals surface area contributed by atoms with Crippen molar-refractivity contribution in [2.24, 2.45) is 5.41 Å². The highest BCUT2D eigenvalue weighted by atomic mass is 16.4. The van der Waals surface area contributed by atoms with E-state index in [4.69, 9.17) is 5.11 Å². The second-order valence-electron chi connectivity index (χ2n) is 4.79. The topological polar surface area (TPSA) is 74.7 Å². The van der Waals surface area contributed by atoms with E-state index in [0.29, 0.717) is 25.8 Å². The van der Waals surface area contributed by atoms with Crippen LogP contribution in [0.25, 0.3) is 0 Å². The minimum atomic E-state index is -0.845. The largest absolute Gasteiger partial charge is 0.481 e. The Morgan fingerprint density at radius 3 is 2.53 bits per heavy atom. The minimum absolute atomic E-state index is 0.0846. The lowest BCUT2D eigenvalue weighted by Crippen LogP contribution is -2.34. The number of carbonyl (C=O) groups excluding carboxylic acids is 2. The Balaban J connectivity index is 2.47. The monoisotopic (exact) mass is 241 g/mol. The summed E-state index contributed by atoms with van der Waals surface area (Å²) in [5.74, 6) is -1.09. The molecule has 0 aromatic heterocycles. The first-order chi connectivity index (χ1) is 7.90. The van der Waals surface area contributed by atoms with E-state index in [1.807, 2.05) is 13.8 Å². The Morgan fingerprint density at radius 1 is 1.41 bits per heavy atom. The van der Waals surface area contributed by atoms with Crippen molar-refractivity contribution < 1.29 is 19.5 Å². The van der Waals surface area contributed by atoms with Crippen molar-refractivity contribution in [2.45, 2.75) is 46.0 Å². The lowest BCUT2D eigenvalue weighted by atomic mass is 9.86. The highest BCUT2D eigenvalue weighted by Crippen LogP contribution is 2.35. The molecule has 96 valence electrons. The average Bonchev–Trinajstić information content (AvgIpc) is 2.47. The summed E-state index contributed by atoms with van der Waals surface area (Å²) < 4.78 is 0. The number of aliphatic carboxylic acids is 1. The first-order valence-corrected chi connectivity index (χ1v) is 5.97. The van der Waals surface area contributed by atoms with Crippen LogP contribution in [0.3, 0.4) is 0 Å². The molecular formula is C12H19NO4. The van der Waals surface area contributed by atoms with Crippen LogP contribution < -0.4 is 0 Å². The van der Waals surface area contributed by atoms with Crippen LogP contribution in [-0.2, 0) is 14.4 Å². The van der Waals surface area contributed by atoms with E-state index in [-0.39, 0.29) is 24.7 Å². The lowest BCUT2D eigenvalue weighted by molar-refractivity contribution is -0.141. The maximum Gasteiger partial charge on any atom is 0.303 e. The van der Waals surface area contributed by atoms with Crippen molar-refractivity contribution in [3.63, 3.8) is 0 Å². The third-order valence-electron chi connectivity index (χ3n) is 3.41. The highest BCUT2D eigenvalue weighted by molar-refractivity contribution is 6.05. The van der Waals surface area contributed by atoms with Crippen LogP contribution in [0.2, 0.25) is 0 Å². The molecule has 0 spiro atoms. The first kappa shape index (κ1) is 13.7. The van der Waals surface area contributed by atoms with Gasteiger partial charge in [0.05, 0.1) is 5.41 Å². The van der Waals surface area contributed by atoms with Gasteiger partial charge in [-0.1, -0.05) is 13.8 Å². The van der Waals surface area contributed by atoms with E-state index in [9.17, 15) is 14.4 Å². The van der Waals surface area contributed by atoms with Gasteiger partial charge in [-0.15, -0.1) is 0 Å². The van der Waals surface area contributed by atoms with Crippen LogP contribution >= 0.6 is 0 Å². The van der Waals surface area contributed by atoms with E-state index in [2.05, 4.69) is 0 Å². The number of imide groups is 1. The fourth-order valence-corrected chi connectivity index (χ4v) is 1.99. The second kappa shape index (κ2) is 5.29. The summed E-state index contributed by atoms with van der Waals surface area (Å²) in [5.41, 5.74) is -0.552. The third-order valence-corrected chi connectivity index (χ3v) is 3.41. The van der Waals surface area contributed by atoms with Crippen molar-refractivity contribution in [3.05, 3.63) is 0 Å². The Morgan fingerprint density at radius 2 is 2.06 bits per heavy atom. The van der Waals surface area contributed by atoms with Gasteiger partial charge < -0.3 is 5.11 Å². The van der Waals surface area contributed by atoms with Gasteiger partial charge in [-0.25, -0.2) is 0 Å². The van der Waals surface area contributed by atoms with Gasteiger partial charge in [-0.3, -0.25) is 19.3 Å². The zero-order valence-corrected chi connectivity index (χ0v) is 10.4. The normalized spacial score (nSPS) is 24.5. The number of rotatable bonds is 6. The van der Waals surface area contributed by atoms with Gasteiger partial charge in [0.25, 0.3) is 0 Å². The molecule has 5 heteroatoms. The molecule has 0 aliphatic carbocycles. The van der Waals surface area contributed by atoms with Gasteiger partial charge in [0, 0.05) is 19.4 Å². The highest BCUT2D eigenvalue weighted by Gasteiger charge is 2.46. The first-order valence-electron chi connectivity index (χ1n) is 5.97. The van der Waals surface area contributed by atoms with Crippen molar-refractivity contribution in [1.82, 2.24) is 4.90 Å². The molecule has 0 radical (unpaired) electrons. The summed E-state index contributed by atoms with van der Waals surface area (Å²) in [5, 5.41) is 8.48. The summed E-state index contributed by atoms with van der Waals surface area (Å²) in [4.78, 5) is 35.3. The number of unbranched alkanes of at least 4 members (excludes halogenated alkanes) is 1. The van der Waals surface area contributed by atoms with E-state index < -0.39 is 11.4 Å². The number of amides is 2. The number of carbonyl (C=O) groups is 3. The summed E-state index contributed by atoms with van der Waals surface area (Å²) in [6, 6.07) is 0. The molecule has 1 rings (SSSR count). The molecule has 1 aliphatic rings. The molecule has 0 bridgehead atoms. The van der Waals surface area contributed by atoms with Crippen LogP contribution in [0, 0.1) is 5.41 Å². The molecule has 1 N–H and O–H groups in total. The molecule has 2 amide bonds. The fraction of sp³-hybridized carbons (Fsp3) is 0.750. The quantitative estimate of drug-likeness (QED) is 0.563. The second-order valence-corrected chi connectivity index (χ2v) is 4.79. The molecule has 1 unspecified atom stereocenters. The van der Waals surface area contributed by atoms with Gasteiger partial charge in [0.2, 0.25) is 11.8 Å². The summed E-state index contributed by atoms with van der Waals surface area (Å²) in [7, 11) is 0. The molecule has 1 saturated heterocycles. The lowest BCUT2D eigenvalue weighted by Gasteiger charge is -2.20. The van der Waals surface area contributed by atoms with Gasteiger partial charge in [0.15, 0.2) is 0 Å². The van der Waals surface area contributed by atoms with Gasteiger partial charge in [-0.05, 0) is 19.3 Å². The standard InChI is InChI=1S/C12H19NO4/c1-3-12(2)8-9(14)13(11(12)17)7-5-4-6-10(15)16/h3-8H2,1-2H3,(H,15,16). The van der Waals surface area contributed by atoms with Crippen molar-refractivity contribution in [3.8, 4) is 0 Å². The van der Waals surface area contributed by atoms with Gasteiger partial charge in [-0.2, -0.15) is 0 Å². The van der Waals surface area contributed by atoms with Gasteiger partial charge in [0.1, 0.15) is 0 Å². The number of carboxylic acid groups (broad SMARTS) is 1. The van der Waals surface area contributed by atoms with Crippen LogP contribution in [0.15, 0.2) is 0 Å². The Hall–Kier alpha value is -1.39. The SMILES string of the molecule is CCC1(C)CC(=O)N(CCCCC(=O)O)C1=O. The molecule has 5 nitrogen and oxygen atoms in total. The third kappa shape index (κ3) is 3.05. The maximum atomic E-state index is 12.0. The van der Waals surface area contributed by atoms with Crippen molar-refractivity contribution in [1.29, 1.82) is 0 Å². The summed E-state index contributed by atoms with van der Waals surface area (Å²) in [6.07, 6.45) is 2.07. The minimum Gasteiger partial charge on any atom is -0.481 e. The van der Waals surface area contributed by atoms with Crippen LogP contribution in [0.1, 0.15) is 46.0 Å². The van der Waals surface area contributed by atoms with E-state index >= 15 is 0 Å². The molecule has 1 heterocycles. The fourth-order valence-electron chi connectivity index (χ4n) is 1.99. The van der Waals surface area contributed by atoms with Crippen LogP contribution in [0.5, 0.6) is 0 Å². The van der Waals surface area contributed by atoms with Crippen molar-refractivity contribution in [2.75, 3.05) is 6.54 Å². The maximum absolute atomic E-state index is 12.0. The number of nitrogens with zero attached hydrogens (tertiary/aromatic N) is 1. The Bertz CT molecular complexity index is 339. The number of hydrogen-bond acceptors (Lipinski definition) is 3. The number of hydrogen-bond donors (Lipinski definition) is 1. The molecule has 0 aromatic rings. The van der Waals surface area contributed by atoms with Gasteiger partial charge >= 0.3 is 5.97 Å². The van der Waals surface area contributed by atoms with E-state index in [1.165, 1.54) is 4.90 Å². The van der Waals surface area contributed by atoms with E-state index in [0.717, 1.165) is 0 Å². The molecule has 0 aromatic carbocycles. The van der Waals surface area contributed by atoms with Crippen LogP contribution in [0.4, 0.5) is 0 Å². The Labute approximate surface area is 101 Å². The molecular weight excluding hydrogens is 222 g/mol. The van der Waals surface area contributed by atoms with E-state index in [1.54, 1.807) is 0 Å².